The Morgan fingerprint density at radius 3 is 2.69 bits per heavy atom. The molecule has 2 aliphatic heterocycles. The molecule has 2 saturated heterocycles. The van der Waals surface area contributed by atoms with E-state index in [0.717, 1.165) is 54.4 Å². The molecule has 6 heteroatoms. The fourth-order valence-corrected chi connectivity index (χ4v) is 5.07. The van der Waals surface area contributed by atoms with Crippen LogP contribution in [0.25, 0.3) is 0 Å². The van der Waals surface area contributed by atoms with Gasteiger partial charge >= 0.3 is 0 Å². The Bertz CT molecular complexity index is 755. The van der Waals surface area contributed by atoms with E-state index in [1.807, 2.05) is 25.1 Å². The molecule has 138 valence electrons. The molecule has 0 saturated carbocycles. The summed E-state index contributed by atoms with van der Waals surface area (Å²) in [5.41, 5.74) is 0.681. The Morgan fingerprint density at radius 1 is 1.23 bits per heavy atom. The van der Waals surface area contributed by atoms with Crippen molar-refractivity contribution in [1.82, 2.24) is 15.1 Å². The maximum absolute atomic E-state index is 13.7. The predicted octanol–water partition coefficient (Wildman–Crippen LogP) is 3.30. The molecule has 1 aromatic heterocycles. The van der Waals surface area contributed by atoms with E-state index in [1.165, 1.54) is 0 Å². The van der Waals surface area contributed by atoms with Crippen molar-refractivity contribution in [2.75, 3.05) is 26.3 Å². The molecule has 26 heavy (non-hydrogen) atoms. The van der Waals surface area contributed by atoms with Gasteiger partial charge in [0.15, 0.2) is 0 Å². The molecular weight excluding hydrogens is 346 g/mol. The van der Waals surface area contributed by atoms with Crippen molar-refractivity contribution in [3.05, 3.63) is 45.9 Å². The van der Waals surface area contributed by atoms with E-state index in [4.69, 9.17) is 4.74 Å². The van der Waals surface area contributed by atoms with Crippen LogP contribution in [-0.4, -0.2) is 47.3 Å². The van der Waals surface area contributed by atoms with Gasteiger partial charge in [-0.3, -0.25) is 4.79 Å². The summed E-state index contributed by atoms with van der Waals surface area (Å²) in [6, 6.07) is 10.3. The molecule has 0 bridgehead atoms. The van der Waals surface area contributed by atoms with E-state index < -0.39 is 5.41 Å². The van der Waals surface area contributed by atoms with Gasteiger partial charge in [0.25, 0.3) is 0 Å². The molecule has 2 aliphatic rings. The topological polar surface area (TPSA) is 55.3 Å². The summed E-state index contributed by atoms with van der Waals surface area (Å²) in [5.74, 6) is 0.574. The predicted molar refractivity (Wildman–Crippen MR) is 101 cm³/mol. The summed E-state index contributed by atoms with van der Waals surface area (Å²) < 4.78 is 5.59. The Kier molecular flexibility index (Phi) is 5.05. The molecule has 0 N–H and O–H groups in total. The highest BCUT2D eigenvalue weighted by Gasteiger charge is 2.45. The normalized spacial score (nSPS) is 23.0. The molecule has 4 rings (SSSR count). The summed E-state index contributed by atoms with van der Waals surface area (Å²) in [7, 11) is 0. The lowest BCUT2D eigenvalue weighted by Crippen LogP contribution is -2.52. The lowest BCUT2D eigenvalue weighted by atomic mass is 9.72. The van der Waals surface area contributed by atoms with E-state index in [-0.39, 0.29) is 5.91 Å². The van der Waals surface area contributed by atoms with Crippen molar-refractivity contribution in [3.8, 4) is 0 Å². The van der Waals surface area contributed by atoms with Crippen LogP contribution in [-0.2, 0) is 14.9 Å². The summed E-state index contributed by atoms with van der Waals surface area (Å²) in [4.78, 5) is 15.8. The first-order chi connectivity index (χ1) is 12.7. The Balaban J connectivity index is 1.59. The average molecular weight is 372 g/mol. The van der Waals surface area contributed by atoms with E-state index in [1.54, 1.807) is 11.3 Å². The number of ether oxygens (including phenoxy) is 1. The third-order valence-electron chi connectivity index (χ3n) is 5.68. The Labute approximate surface area is 158 Å². The van der Waals surface area contributed by atoms with Gasteiger partial charge in [-0.25, -0.2) is 0 Å². The van der Waals surface area contributed by atoms with E-state index in [0.29, 0.717) is 19.1 Å². The minimum absolute atomic E-state index is 0.262. The van der Waals surface area contributed by atoms with Gasteiger partial charge in [-0.15, -0.1) is 21.5 Å². The Hall–Kier alpha value is -1.79. The fraction of sp³-hybridized carbons (Fsp3) is 0.550. The van der Waals surface area contributed by atoms with Crippen molar-refractivity contribution in [1.29, 1.82) is 0 Å². The highest BCUT2D eigenvalue weighted by molar-refractivity contribution is 7.11. The number of hydrogen-bond acceptors (Lipinski definition) is 5. The number of amides is 1. The molecule has 1 atom stereocenters. The van der Waals surface area contributed by atoms with Crippen molar-refractivity contribution in [2.45, 2.75) is 43.9 Å². The maximum atomic E-state index is 13.7. The number of piperidine rings is 1. The highest BCUT2D eigenvalue weighted by Crippen LogP contribution is 2.39. The van der Waals surface area contributed by atoms with Crippen molar-refractivity contribution in [3.63, 3.8) is 0 Å². The van der Waals surface area contributed by atoms with Crippen LogP contribution in [0.15, 0.2) is 30.3 Å². The highest BCUT2D eigenvalue weighted by atomic mass is 32.1. The summed E-state index contributed by atoms with van der Waals surface area (Å²) in [6.07, 6.45) is 3.63. The van der Waals surface area contributed by atoms with Gasteiger partial charge in [0.1, 0.15) is 10.0 Å². The second-order valence-corrected chi connectivity index (χ2v) is 8.52. The quantitative estimate of drug-likeness (QED) is 0.831. The summed E-state index contributed by atoms with van der Waals surface area (Å²) in [5, 5.41) is 10.6. The van der Waals surface area contributed by atoms with Crippen molar-refractivity contribution >= 4 is 17.2 Å². The van der Waals surface area contributed by atoms with Gasteiger partial charge in [-0.2, -0.15) is 0 Å². The van der Waals surface area contributed by atoms with Gasteiger partial charge in [0, 0.05) is 32.2 Å². The van der Waals surface area contributed by atoms with Gasteiger partial charge < -0.3 is 9.64 Å². The zero-order valence-electron chi connectivity index (χ0n) is 15.2. The van der Waals surface area contributed by atoms with Crippen LogP contribution in [0.3, 0.4) is 0 Å². The molecule has 0 radical (unpaired) electrons. The van der Waals surface area contributed by atoms with Gasteiger partial charge in [-0.1, -0.05) is 30.3 Å². The molecule has 3 heterocycles. The van der Waals surface area contributed by atoms with E-state index in [9.17, 15) is 4.79 Å². The molecule has 0 unspecified atom stereocenters. The molecule has 0 aliphatic carbocycles. The standard InChI is InChI=1S/C20H25N3O2S/c1-15-21-22-18(26-15)16-6-5-11-23(14-16)19(24)20(9-12-25-13-10-20)17-7-3-2-4-8-17/h2-4,7-8,16H,5-6,9-14H2,1H3/t16-/m0/s1. The minimum atomic E-state index is -0.446. The van der Waals surface area contributed by atoms with Crippen molar-refractivity contribution in [2.24, 2.45) is 0 Å². The molecule has 5 nitrogen and oxygen atoms in total. The number of rotatable bonds is 3. The summed E-state index contributed by atoms with van der Waals surface area (Å²) >= 11 is 1.66. The lowest BCUT2D eigenvalue weighted by molar-refractivity contribution is -0.142. The number of carbonyl (C=O) groups excluding carboxylic acids is 1. The smallest absolute Gasteiger partial charge is 0.233 e. The van der Waals surface area contributed by atoms with Crippen LogP contribution in [0.2, 0.25) is 0 Å². The zero-order valence-corrected chi connectivity index (χ0v) is 16.0. The van der Waals surface area contributed by atoms with E-state index in [2.05, 4.69) is 27.2 Å². The number of nitrogens with zero attached hydrogens (tertiary/aromatic N) is 3. The van der Waals surface area contributed by atoms with Crippen LogP contribution in [0.5, 0.6) is 0 Å². The maximum Gasteiger partial charge on any atom is 0.233 e. The minimum Gasteiger partial charge on any atom is -0.381 e. The number of benzene rings is 1. The first kappa shape index (κ1) is 17.6. The molecule has 1 aromatic carbocycles. The molecule has 0 spiro atoms. The molecule has 1 amide bonds. The van der Waals surface area contributed by atoms with Gasteiger partial charge in [-0.05, 0) is 38.2 Å². The van der Waals surface area contributed by atoms with Crippen LogP contribution in [0, 0.1) is 6.92 Å². The largest absolute Gasteiger partial charge is 0.381 e. The molecular formula is C20H25N3O2S. The Morgan fingerprint density at radius 2 is 2.00 bits per heavy atom. The number of likely N-dealkylation sites (tertiary alicyclic amines) is 1. The first-order valence-electron chi connectivity index (χ1n) is 9.42. The average Bonchev–Trinajstić information content (AvgIpc) is 3.15. The van der Waals surface area contributed by atoms with Gasteiger partial charge in [0.05, 0.1) is 5.41 Å². The lowest BCUT2D eigenvalue weighted by Gasteiger charge is -2.42. The van der Waals surface area contributed by atoms with E-state index >= 15 is 0 Å². The van der Waals surface area contributed by atoms with Crippen LogP contribution in [0.4, 0.5) is 0 Å². The molecule has 2 fully saturated rings. The molecule has 2 aromatic rings. The van der Waals surface area contributed by atoms with Crippen LogP contribution >= 0.6 is 11.3 Å². The second kappa shape index (κ2) is 7.45. The van der Waals surface area contributed by atoms with Crippen LogP contribution < -0.4 is 0 Å². The number of hydrogen-bond donors (Lipinski definition) is 0. The summed E-state index contributed by atoms with van der Waals surface area (Å²) in [6.45, 7) is 4.87. The van der Waals surface area contributed by atoms with Crippen molar-refractivity contribution < 1.29 is 9.53 Å². The van der Waals surface area contributed by atoms with Crippen LogP contribution in [0.1, 0.15) is 47.2 Å². The third kappa shape index (κ3) is 3.28. The van der Waals surface area contributed by atoms with Gasteiger partial charge in [0.2, 0.25) is 5.91 Å². The number of carbonyl (C=O) groups is 1. The monoisotopic (exact) mass is 371 g/mol. The SMILES string of the molecule is Cc1nnc([C@H]2CCCN(C(=O)C3(c4ccccc4)CCOCC3)C2)s1. The first-order valence-corrected chi connectivity index (χ1v) is 10.2. The number of aromatic nitrogens is 2. The zero-order chi connectivity index (χ0) is 18.0. The third-order valence-corrected chi connectivity index (χ3v) is 6.68. The second-order valence-electron chi connectivity index (χ2n) is 7.31. The fourth-order valence-electron chi connectivity index (χ4n) is 4.25. The number of aryl methyl sites for hydroxylation is 1.